The van der Waals surface area contributed by atoms with Crippen LogP contribution in [0, 0.1) is 13.8 Å². The number of rotatable bonds is 6. The van der Waals surface area contributed by atoms with Crippen LogP contribution in [0.5, 0.6) is 5.75 Å². The number of carboxylic acids is 1. The quantitative estimate of drug-likeness (QED) is 0.829. The first kappa shape index (κ1) is 14.8. The van der Waals surface area contributed by atoms with E-state index in [-0.39, 0.29) is 0 Å². The van der Waals surface area contributed by atoms with Crippen LogP contribution in [0.1, 0.15) is 17.0 Å². The number of carbonyl (C=O) groups is 1. The van der Waals surface area contributed by atoms with Crippen LogP contribution in [0.4, 0.5) is 0 Å². The van der Waals surface area contributed by atoms with Gasteiger partial charge < -0.3 is 9.84 Å². The molecule has 0 aliphatic heterocycles. The van der Waals surface area contributed by atoms with Gasteiger partial charge in [-0.15, -0.1) is 0 Å². The van der Waals surface area contributed by atoms with Crippen molar-refractivity contribution in [3.8, 4) is 5.75 Å². The van der Waals surface area contributed by atoms with Crippen LogP contribution in [-0.2, 0) is 11.3 Å². The van der Waals surface area contributed by atoms with E-state index in [1.807, 2.05) is 48.9 Å². The predicted molar refractivity (Wildman–Crippen MR) is 80.3 cm³/mol. The zero-order valence-corrected chi connectivity index (χ0v) is 12.1. The largest absolute Gasteiger partial charge is 0.492 e. The van der Waals surface area contributed by atoms with E-state index in [9.17, 15) is 4.79 Å². The van der Waals surface area contributed by atoms with Gasteiger partial charge in [0.05, 0.1) is 12.2 Å². The number of aryl methyl sites for hydroxylation is 2. The van der Waals surface area contributed by atoms with Gasteiger partial charge in [-0.1, -0.05) is 12.1 Å². The summed E-state index contributed by atoms with van der Waals surface area (Å²) in [6, 6.07) is 9.31. The van der Waals surface area contributed by atoms with Crippen LogP contribution in [0.2, 0.25) is 0 Å². The highest BCUT2D eigenvalue weighted by atomic mass is 16.5. The maximum atomic E-state index is 10.4. The van der Waals surface area contributed by atoms with Crippen molar-refractivity contribution in [3.63, 3.8) is 0 Å². The average molecular weight is 286 g/mol. The molecule has 1 aromatic heterocycles. The second-order valence-electron chi connectivity index (χ2n) is 4.74. The zero-order chi connectivity index (χ0) is 15.2. The van der Waals surface area contributed by atoms with Crippen LogP contribution < -0.4 is 4.74 Å². The Bertz CT molecular complexity index is 642. The Morgan fingerprint density at radius 2 is 2.05 bits per heavy atom. The lowest BCUT2D eigenvalue weighted by Crippen LogP contribution is -2.10. The summed E-state index contributed by atoms with van der Waals surface area (Å²) in [4.78, 5) is 10.4. The fraction of sp³-hybridized carbons (Fsp3) is 0.250. The Morgan fingerprint density at radius 3 is 2.62 bits per heavy atom. The molecule has 0 radical (unpaired) electrons. The van der Waals surface area contributed by atoms with Gasteiger partial charge in [0.15, 0.2) is 0 Å². The van der Waals surface area contributed by atoms with Crippen LogP contribution in [-0.4, -0.2) is 27.5 Å². The van der Waals surface area contributed by atoms with E-state index in [2.05, 4.69) is 5.10 Å². The minimum atomic E-state index is -0.958. The summed E-state index contributed by atoms with van der Waals surface area (Å²) in [5, 5.41) is 12.9. The first-order valence-corrected chi connectivity index (χ1v) is 6.69. The summed E-state index contributed by atoms with van der Waals surface area (Å²) in [6.45, 7) is 5.21. The minimum absolute atomic E-state index is 0.534. The molecule has 0 unspecified atom stereocenters. The SMILES string of the molecule is Cc1cc(C)n(CCOc2ccc(C=CC(=O)O)cc2)n1. The summed E-state index contributed by atoms with van der Waals surface area (Å²) in [5.41, 5.74) is 2.94. The van der Waals surface area contributed by atoms with E-state index < -0.39 is 5.97 Å². The monoisotopic (exact) mass is 286 g/mol. The van der Waals surface area contributed by atoms with Gasteiger partial charge in [-0.25, -0.2) is 4.79 Å². The highest BCUT2D eigenvalue weighted by Crippen LogP contribution is 2.13. The summed E-state index contributed by atoms with van der Waals surface area (Å²) >= 11 is 0. The third kappa shape index (κ3) is 4.49. The molecule has 21 heavy (non-hydrogen) atoms. The van der Waals surface area contributed by atoms with E-state index in [0.29, 0.717) is 13.2 Å². The summed E-state index contributed by atoms with van der Waals surface area (Å²) in [7, 11) is 0. The summed E-state index contributed by atoms with van der Waals surface area (Å²) in [6.07, 6.45) is 2.65. The highest BCUT2D eigenvalue weighted by Gasteiger charge is 2.01. The topological polar surface area (TPSA) is 64.3 Å². The summed E-state index contributed by atoms with van der Waals surface area (Å²) in [5.74, 6) is -0.204. The van der Waals surface area contributed by atoms with Gasteiger partial charge in [0.25, 0.3) is 0 Å². The molecule has 0 aliphatic rings. The molecule has 1 N–H and O–H groups in total. The van der Waals surface area contributed by atoms with Crippen LogP contribution in [0.25, 0.3) is 6.08 Å². The number of benzene rings is 1. The van der Waals surface area contributed by atoms with Gasteiger partial charge in [-0.3, -0.25) is 4.68 Å². The van der Waals surface area contributed by atoms with Crippen LogP contribution in [0.3, 0.4) is 0 Å². The smallest absolute Gasteiger partial charge is 0.328 e. The molecule has 5 nitrogen and oxygen atoms in total. The molecule has 2 rings (SSSR count). The minimum Gasteiger partial charge on any atom is -0.492 e. The van der Waals surface area contributed by atoms with Crippen molar-refractivity contribution in [3.05, 3.63) is 53.4 Å². The maximum Gasteiger partial charge on any atom is 0.328 e. The zero-order valence-electron chi connectivity index (χ0n) is 12.1. The predicted octanol–water partition coefficient (Wildman–Crippen LogP) is 2.68. The van der Waals surface area contributed by atoms with E-state index in [0.717, 1.165) is 28.8 Å². The molecule has 1 aromatic carbocycles. The van der Waals surface area contributed by atoms with Crippen molar-refractivity contribution >= 4 is 12.0 Å². The molecule has 2 aromatic rings. The number of hydrogen-bond acceptors (Lipinski definition) is 3. The molecule has 0 amide bonds. The molecular weight excluding hydrogens is 268 g/mol. The molecular formula is C16H18N2O3. The van der Waals surface area contributed by atoms with Crippen molar-refractivity contribution in [2.24, 2.45) is 0 Å². The highest BCUT2D eigenvalue weighted by molar-refractivity contribution is 5.85. The Kier molecular flexibility index (Phi) is 4.77. The standard InChI is InChI=1S/C16H18N2O3/c1-12-11-13(2)18(17-12)9-10-21-15-6-3-14(4-7-15)5-8-16(19)20/h3-8,11H,9-10H2,1-2H3,(H,19,20). The number of carboxylic acid groups (broad SMARTS) is 1. The van der Waals surface area contributed by atoms with E-state index in [4.69, 9.17) is 9.84 Å². The molecule has 0 saturated carbocycles. The van der Waals surface area contributed by atoms with Gasteiger partial charge in [0.1, 0.15) is 12.4 Å². The molecule has 0 saturated heterocycles. The number of ether oxygens (including phenoxy) is 1. The molecule has 5 heteroatoms. The number of aliphatic carboxylic acids is 1. The molecule has 0 atom stereocenters. The number of aromatic nitrogens is 2. The molecule has 0 fully saturated rings. The maximum absolute atomic E-state index is 10.4. The van der Waals surface area contributed by atoms with Crippen LogP contribution >= 0.6 is 0 Å². The van der Waals surface area contributed by atoms with Gasteiger partial charge >= 0.3 is 5.97 Å². The molecule has 110 valence electrons. The van der Waals surface area contributed by atoms with Gasteiger partial charge in [0.2, 0.25) is 0 Å². The normalized spacial score (nSPS) is 11.0. The lowest BCUT2D eigenvalue weighted by Gasteiger charge is -2.07. The van der Waals surface area contributed by atoms with E-state index in [1.54, 1.807) is 6.08 Å². The molecule has 1 heterocycles. The molecule has 0 aliphatic carbocycles. The second-order valence-corrected chi connectivity index (χ2v) is 4.74. The first-order chi connectivity index (χ1) is 10.0. The Balaban J connectivity index is 1.86. The van der Waals surface area contributed by atoms with Crippen molar-refractivity contribution in [2.75, 3.05) is 6.61 Å². The molecule has 0 bridgehead atoms. The van der Waals surface area contributed by atoms with E-state index >= 15 is 0 Å². The lowest BCUT2D eigenvalue weighted by molar-refractivity contribution is -0.131. The molecule has 0 spiro atoms. The number of nitrogens with zero attached hydrogens (tertiary/aromatic N) is 2. The lowest BCUT2D eigenvalue weighted by atomic mass is 10.2. The van der Waals surface area contributed by atoms with E-state index in [1.165, 1.54) is 0 Å². The number of hydrogen-bond donors (Lipinski definition) is 1. The van der Waals surface area contributed by atoms with Crippen molar-refractivity contribution in [2.45, 2.75) is 20.4 Å². The third-order valence-electron chi connectivity index (χ3n) is 2.97. The second kappa shape index (κ2) is 6.74. The van der Waals surface area contributed by atoms with Crippen molar-refractivity contribution in [1.82, 2.24) is 9.78 Å². The third-order valence-corrected chi connectivity index (χ3v) is 2.97. The fourth-order valence-corrected chi connectivity index (χ4v) is 1.99. The Hall–Kier alpha value is -2.56. The fourth-order valence-electron chi connectivity index (χ4n) is 1.99. The first-order valence-electron chi connectivity index (χ1n) is 6.69. The summed E-state index contributed by atoms with van der Waals surface area (Å²) < 4.78 is 7.57. The van der Waals surface area contributed by atoms with Crippen LogP contribution in [0.15, 0.2) is 36.4 Å². The Morgan fingerprint density at radius 1 is 1.33 bits per heavy atom. The van der Waals surface area contributed by atoms with Crippen molar-refractivity contribution in [1.29, 1.82) is 0 Å². The van der Waals surface area contributed by atoms with Gasteiger partial charge in [-0.2, -0.15) is 5.10 Å². The Labute approximate surface area is 123 Å². The average Bonchev–Trinajstić information content (AvgIpc) is 2.76. The van der Waals surface area contributed by atoms with Gasteiger partial charge in [0, 0.05) is 11.8 Å². The van der Waals surface area contributed by atoms with Crippen molar-refractivity contribution < 1.29 is 14.6 Å². The van der Waals surface area contributed by atoms with Gasteiger partial charge in [-0.05, 0) is 43.7 Å².